The maximum absolute atomic E-state index is 12.7. The SMILES string of the molecule is CCCCCCCC/C=C\C/C=C\C(O)CC(=O)NC(COP(=O)(O)OCCN)C(O)/C=C/CCCCCCCCCCCCCCCCCCCC. The lowest BCUT2D eigenvalue weighted by atomic mass is 10.0. The van der Waals surface area contributed by atoms with Crippen molar-refractivity contribution < 1.29 is 33.5 Å². The van der Waals surface area contributed by atoms with E-state index in [-0.39, 0.29) is 19.6 Å². The molecule has 9 nitrogen and oxygen atoms in total. The van der Waals surface area contributed by atoms with Crippen LogP contribution in [0.4, 0.5) is 0 Å². The zero-order chi connectivity index (χ0) is 39.1. The van der Waals surface area contributed by atoms with Gasteiger partial charge in [0.1, 0.15) is 0 Å². The van der Waals surface area contributed by atoms with E-state index >= 15 is 0 Å². The topological polar surface area (TPSA) is 151 Å². The summed E-state index contributed by atoms with van der Waals surface area (Å²) >= 11 is 0. The van der Waals surface area contributed by atoms with Crippen molar-refractivity contribution in [3.05, 3.63) is 36.5 Å². The molecule has 0 aromatic carbocycles. The van der Waals surface area contributed by atoms with Crippen molar-refractivity contribution in [1.82, 2.24) is 5.32 Å². The Morgan fingerprint density at radius 1 is 0.642 bits per heavy atom. The molecule has 312 valence electrons. The van der Waals surface area contributed by atoms with Crippen LogP contribution in [0, 0.1) is 0 Å². The lowest BCUT2D eigenvalue weighted by Crippen LogP contribution is -2.46. The van der Waals surface area contributed by atoms with Gasteiger partial charge in [0.2, 0.25) is 5.91 Å². The van der Waals surface area contributed by atoms with Crippen LogP contribution in [-0.4, -0.2) is 59.0 Å². The molecule has 4 unspecified atom stereocenters. The van der Waals surface area contributed by atoms with Crippen LogP contribution < -0.4 is 11.1 Å². The molecule has 0 aliphatic carbocycles. The van der Waals surface area contributed by atoms with Crippen LogP contribution in [0.1, 0.15) is 194 Å². The van der Waals surface area contributed by atoms with E-state index in [0.29, 0.717) is 6.42 Å². The molecule has 6 N–H and O–H groups in total. The van der Waals surface area contributed by atoms with E-state index in [0.717, 1.165) is 25.7 Å². The highest BCUT2D eigenvalue weighted by Gasteiger charge is 2.27. The summed E-state index contributed by atoms with van der Waals surface area (Å²) in [4.78, 5) is 22.7. The number of aliphatic hydroxyl groups is 2. The van der Waals surface area contributed by atoms with Gasteiger partial charge in [-0.15, -0.1) is 0 Å². The Labute approximate surface area is 325 Å². The normalized spacial score (nSPS) is 15.1. The van der Waals surface area contributed by atoms with Crippen LogP contribution in [0.15, 0.2) is 36.5 Å². The number of carbonyl (C=O) groups is 1. The van der Waals surface area contributed by atoms with Crippen molar-refractivity contribution in [3.8, 4) is 0 Å². The van der Waals surface area contributed by atoms with Crippen molar-refractivity contribution >= 4 is 13.7 Å². The number of amides is 1. The molecule has 0 saturated heterocycles. The van der Waals surface area contributed by atoms with Gasteiger partial charge in [0, 0.05) is 6.54 Å². The summed E-state index contributed by atoms with van der Waals surface area (Å²) < 4.78 is 22.0. The third-order valence-corrected chi connectivity index (χ3v) is 10.5. The number of hydrogen-bond acceptors (Lipinski definition) is 7. The molecule has 53 heavy (non-hydrogen) atoms. The average molecular weight is 771 g/mol. The van der Waals surface area contributed by atoms with Gasteiger partial charge in [0.25, 0.3) is 0 Å². The molecule has 1 amide bonds. The van der Waals surface area contributed by atoms with Crippen molar-refractivity contribution in [2.75, 3.05) is 19.8 Å². The van der Waals surface area contributed by atoms with E-state index in [9.17, 15) is 24.5 Å². The van der Waals surface area contributed by atoms with Crippen molar-refractivity contribution in [2.45, 2.75) is 212 Å². The molecular formula is C43H83N2O7P. The minimum Gasteiger partial charge on any atom is -0.389 e. The average Bonchev–Trinajstić information content (AvgIpc) is 3.13. The summed E-state index contributed by atoms with van der Waals surface area (Å²) in [6, 6.07) is -1.01. The zero-order valence-electron chi connectivity index (χ0n) is 34.1. The molecule has 0 aliphatic heterocycles. The Bertz CT molecular complexity index is 946. The molecule has 0 aromatic rings. The van der Waals surface area contributed by atoms with Crippen LogP contribution in [0.5, 0.6) is 0 Å². The molecule has 0 spiro atoms. The lowest BCUT2D eigenvalue weighted by Gasteiger charge is -2.23. The second kappa shape index (κ2) is 38.9. The quantitative estimate of drug-likeness (QED) is 0.0235. The number of rotatable bonds is 40. The first-order valence-corrected chi connectivity index (χ1v) is 23.2. The van der Waals surface area contributed by atoms with Gasteiger partial charge in [-0.2, -0.15) is 0 Å². The summed E-state index contributed by atoms with van der Waals surface area (Å²) in [6.07, 6.45) is 42.6. The van der Waals surface area contributed by atoms with E-state index in [1.807, 2.05) is 12.2 Å². The maximum Gasteiger partial charge on any atom is 0.472 e. The number of aliphatic hydroxyl groups excluding tert-OH is 2. The molecule has 0 saturated carbocycles. The van der Waals surface area contributed by atoms with Gasteiger partial charge in [-0.3, -0.25) is 13.8 Å². The van der Waals surface area contributed by atoms with E-state index in [4.69, 9.17) is 14.8 Å². The highest BCUT2D eigenvalue weighted by atomic mass is 31.2. The Balaban J connectivity index is 4.36. The predicted molar refractivity (Wildman–Crippen MR) is 223 cm³/mol. The Morgan fingerprint density at radius 3 is 1.57 bits per heavy atom. The smallest absolute Gasteiger partial charge is 0.389 e. The summed E-state index contributed by atoms with van der Waals surface area (Å²) in [5.74, 6) is -0.513. The molecule has 0 radical (unpaired) electrons. The second-order valence-corrected chi connectivity index (χ2v) is 16.2. The van der Waals surface area contributed by atoms with E-state index < -0.39 is 38.6 Å². The van der Waals surface area contributed by atoms with Gasteiger partial charge in [0.15, 0.2) is 0 Å². The third-order valence-electron chi connectivity index (χ3n) is 9.52. The van der Waals surface area contributed by atoms with Crippen LogP contribution in [0.2, 0.25) is 0 Å². The van der Waals surface area contributed by atoms with Gasteiger partial charge in [-0.1, -0.05) is 192 Å². The van der Waals surface area contributed by atoms with Crippen molar-refractivity contribution in [2.24, 2.45) is 5.73 Å². The second-order valence-electron chi connectivity index (χ2n) is 14.7. The monoisotopic (exact) mass is 771 g/mol. The molecular weight excluding hydrogens is 687 g/mol. The number of hydrogen-bond donors (Lipinski definition) is 5. The van der Waals surface area contributed by atoms with Gasteiger partial charge in [-0.25, -0.2) is 4.57 Å². The molecule has 0 rings (SSSR count). The standard InChI is InChI=1S/C43H83N2O7P/c1-3-5-7-9-11-13-15-16-17-18-19-20-21-22-23-25-27-29-31-33-35-42(47)41(39-52-53(49,50)51-37-36-44)45-43(48)38-40(46)34-32-30-28-26-24-14-12-10-8-6-4-2/h26,28,32-35,40-42,46-47H,3-25,27,29-31,36-39,44H2,1-2H3,(H,45,48)(H,49,50)/b28-26-,34-32-,35-33+. The Kier molecular flexibility index (Phi) is 38.0. The summed E-state index contributed by atoms with van der Waals surface area (Å²) in [7, 11) is -4.41. The summed E-state index contributed by atoms with van der Waals surface area (Å²) in [5, 5.41) is 23.8. The molecule has 10 heteroatoms. The van der Waals surface area contributed by atoms with Crippen LogP contribution >= 0.6 is 7.82 Å². The van der Waals surface area contributed by atoms with Gasteiger partial charge in [-0.05, 0) is 32.1 Å². The molecule has 4 atom stereocenters. The first-order chi connectivity index (χ1) is 25.8. The van der Waals surface area contributed by atoms with E-state index in [1.165, 1.54) is 141 Å². The summed E-state index contributed by atoms with van der Waals surface area (Å²) in [5.41, 5.74) is 5.35. The number of phosphoric acid groups is 1. The number of unbranched alkanes of at least 4 members (excludes halogenated alkanes) is 24. The fraction of sp³-hybridized carbons (Fsp3) is 0.837. The number of allylic oxidation sites excluding steroid dienone is 4. The molecule has 0 aliphatic rings. The minimum atomic E-state index is -4.41. The van der Waals surface area contributed by atoms with Crippen molar-refractivity contribution in [1.29, 1.82) is 0 Å². The van der Waals surface area contributed by atoms with Gasteiger partial charge < -0.3 is 26.2 Å². The number of phosphoric ester groups is 1. The zero-order valence-corrected chi connectivity index (χ0v) is 35.0. The van der Waals surface area contributed by atoms with Crippen LogP contribution in [0.25, 0.3) is 0 Å². The van der Waals surface area contributed by atoms with Gasteiger partial charge >= 0.3 is 7.82 Å². The van der Waals surface area contributed by atoms with E-state index in [1.54, 1.807) is 12.2 Å². The minimum absolute atomic E-state index is 0.0409. The fourth-order valence-electron chi connectivity index (χ4n) is 6.23. The van der Waals surface area contributed by atoms with Crippen LogP contribution in [-0.2, 0) is 18.4 Å². The van der Waals surface area contributed by atoms with Crippen molar-refractivity contribution in [3.63, 3.8) is 0 Å². The summed E-state index contributed by atoms with van der Waals surface area (Å²) in [6.45, 7) is 3.91. The molecule has 0 heterocycles. The van der Waals surface area contributed by atoms with E-state index in [2.05, 4.69) is 31.3 Å². The highest BCUT2D eigenvalue weighted by molar-refractivity contribution is 7.47. The Morgan fingerprint density at radius 2 is 1.09 bits per heavy atom. The molecule has 0 bridgehead atoms. The fourth-order valence-corrected chi connectivity index (χ4v) is 6.99. The number of carbonyl (C=O) groups excluding carboxylic acids is 1. The number of nitrogens with two attached hydrogens (primary N) is 1. The molecule has 0 aromatic heterocycles. The number of nitrogens with one attached hydrogen (secondary N) is 1. The van der Waals surface area contributed by atoms with Crippen LogP contribution in [0.3, 0.4) is 0 Å². The molecule has 0 fully saturated rings. The Hall–Kier alpha value is -1.32. The first kappa shape index (κ1) is 51.7. The largest absolute Gasteiger partial charge is 0.472 e. The first-order valence-electron chi connectivity index (χ1n) is 21.7. The predicted octanol–water partition coefficient (Wildman–Crippen LogP) is 10.9. The lowest BCUT2D eigenvalue weighted by molar-refractivity contribution is -0.124. The maximum atomic E-state index is 12.7. The highest BCUT2D eigenvalue weighted by Crippen LogP contribution is 2.43. The third kappa shape index (κ3) is 37.4. The van der Waals surface area contributed by atoms with Gasteiger partial charge in [0.05, 0.1) is 37.9 Å².